The van der Waals surface area contributed by atoms with E-state index in [9.17, 15) is 9.59 Å². The molecule has 0 aliphatic rings. The van der Waals surface area contributed by atoms with E-state index in [-0.39, 0.29) is 5.91 Å². The predicted octanol–water partition coefficient (Wildman–Crippen LogP) is 4.42. The lowest BCUT2D eigenvalue weighted by Gasteiger charge is -2.04. The van der Waals surface area contributed by atoms with Gasteiger partial charge in [0, 0.05) is 15.5 Å². The minimum absolute atomic E-state index is 0.293. The maximum Gasteiger partial charge on any atom is 0.256 e. The average molecular weight is 357 g/mol. The Morgan fingerprint density at radius 3 is 2.29 bits per heavy atom. The molecule has 2 amide bonds. The Balaban J connectivity index is 1.92. The number of carbonyl (C=O) groups is 2. The molecule has 0 saturated carbocycles. The highest BCUT2D eigenvalue weighted by Crippen LogP contribution is 2.35. The number of rotatable bonds is 4. The van der Waals surface area contributed by atoms with Gasteiger partial charge < -0.3 is 11.1 Å². The van der Waals surface area contributed by atoms with Gasteiger partial charge in [-0.15, -0.1) is 11.3 Å². The third kappa shape index (κ3) is 3.48. The standard InChI is InChI=1S/C18H13ClN2O2S/c19-13-8-6-12(7-9-13)17(23)21-18-14(16(20)22)10-15(24-18)11-4-2-1-3-5-11/h1-10H,(H2,20,22)(H,21,23). The molecule has 3 aromatic rings. The number of hydrogen-bond acceptors (Lipinski definition) is 3. The minimum Gasteiger partial charge on any atom is -0.366 e. The molecule has 0 bridgehead atoms. The van der Waals surface area contributed by atoms with Gasteiger partial charge in [0.2, 0.25) is 0 Å². The fraction of sp³-hybridized carbons (Fsp3) is 0. The molecule has 1 heterocycles. The van der Waals surface area contributed by atoms with Crippen molar-refractivity contribution in [1.82, 2.24) is 0 Å². The fourth-order valence-corrected chi connectivity index (χ4v) is 3.38. The predicted molar refractivity (Wildman–Crippen MR) is 97.7 cm³/mol. The van der Waals surface area contributed by atoms with E-state index in [1.165, 1.54) is 11.3 Å². The topological polar surface area (TPSA) is 72.2 Å². The Labute approximate surface area is 147 Å². The molecule has 0 radical (unpaired) electrons. The van der Waals surface area contributed by atoms with Crippen molar-refractivity contribution in [3.8, 4) is 10.4 Å². The zero-order valence-electron chi connectivity index (χ0n) is 12.5. The van der Waals surface area contributed by atoms with Gasteiger partial charge >= 0.3 is 0 Å². The highest BCUT2D eigenvalue weighted by atomic mass is 35.5. The molecule has 4 nitrogen and oxygen atoms in total. The Hall–Kier alpha value is -2.63. The van der Waals surface area contributed by atoms with E-state index >= 15 is 0 Å². The van der Waals surface area contributed by atoms with Gasteiger partial charge in [-0.1, -0.05) is 41.9 Å². The van der Waals surface area contributed by atoms with E-state index in [4.69, 9.17) is 17.3 Å². The van der Waals surface area contributed by atoms with Gasteiger partial charge in [-0.3, -0.25) is 9.59 Å². The summed E-state index contributed by atoms with van der Waals surface area (Å²) in [5.74, 6) is -0.907. The summed E-state index contributed by atoms with van der Waals surface area (Å²) in [6, 6.07) is 17.8. The van der Waals surface area contributed by atoms with E-state index in [1.807, 2.05) is 30.3 Å². The molecule has 0 saturated heterocycles. The van der Waals surface area contributed by atoms with Crippen LogP contribution in [0.2, 0.25) is 5.02 Å². The summed E-state index contributed by atoms with van der Waals surface area (Å²) in [4.78, 5) is 24.9. The van der Waals surface area contributed by atoms with Crippen LogP contribution in [0, 0.1) is 0 Å². The average Bonchev–Trinajstić information content (AvgIpc) is 3.00. The van der Waals surface area contributed by atoms with E-state index in [0.29, 0.717) is 21.2 Å². The van der Waals surface area contributed by atoms with Crippen molar-refractivity contribution in [1.29, 1.82) is 0 Å². The molecule has 3 N–H and O–H groups in total. The minimum atomic E-state index is -0.583. The molecule has 24 heavy (non-hydrogen) atoms. The summed E-state index contributed by atoms with van der Waals surface area (Å²) in [5.41, 5.74) is 7.14. The van der Waals surface area contributed by atoms with Gasteiger partial charge in [0.1, 0.15) is 5.00 Å². The lowest BCUT2D eigenvalue weighted by atomic mass is 10.1. The molecule has 0 aliphatic carbocycles. The SMILES string of the molecule is NC(=O)c1cc(-c2ccccc2)sc1NC(=O)c1ccc(Cl)cc1. The fourth-order valence-electron chi connectivity index (χ4n) is 2.19. The van der Waals surface area contributed by atoms with Crippen LogP contribution < -0.4 is 11.1 Å². The summed E-state index contributed by atoms with van der Waals surface area (Å²) in [7, 11) is 0. The normalized spacial score (nSPS) is 10.4. The van der Waals surface area contributed by atoms with Crippen LogP contribution in [0.5, 0.6) is 0 Å². The summed E-state index contributed by atoms with van der Waals surface area (Å²) in [6.45, 7) is 0. The van der Waals surface area contributed by atoms with Gasteiger partial charge in [-0.25, -0.2) is 0 Å². The molecule has 0 spiro atoms. The first-order chi connectivity index (χ1) is 11.5. The summed E-state index contributed by atoms with van der Waals surface area (Å²) in [5, 5.41) is 3.73. The zero-order valence-corrected chi connectivity index (χ0v) is 14.0. The number of benzene rings is 2. The molecule has 3 rings (SSSR count). The Kier molecular flexibility index (Phi) is 4.64. The number of halogens is 1. The van der Waals surface area contributed by atoms with Crippen LogP contribution in [-0.2, 0) is 0 Å². The van der Waals surface area contributed by atoms with Crippen LogP contribution >= 0.6 is 22.9 Å². The molecular weight excluding hydrogens is 344 g/mol. The van der Waals surface area contributed by atoms with Gasteiger partial charge in [0.15, 0.2) is 0 Å². The van der Waals surface area contributed by atoms with Crippen LogP contribution in [0.15, 0.2) is 60.7 Å². The summed E-state index contributed by atoms with van der Waals surface area (Å²) < 4.78 is 0. The van der Waals surface area contributed by atoms with Gasteiger partial charge in [-0.2, -0.15) is 0 Å². The monoisotopic (exact) mass is 356 g/mol. The number of hydrogen-bond donors (Lipinski definition) is 2. The quantitative estimate of drug-likeness (QED) is 0.726. The first kappa shape index (κ1) is 16.2. The van der Waals surface area contributed by atoms with E-state index in [0.717, 1.165) is 10.4 Å². The molecule has 2 aromatic carbocycles. The molecular formula is C18H13ClN2O2S. The second-order valence-corrected chi connectivity index (χ2v) is 6.53. The van der Waals surface area contributed by atoms with Crippen LogP contribution in [0.1, 0.15) is 20.7 Å². The van der Waals surface area contributed by atoms with Gasteiger partial charge in [0.25, 0.3) is 11.8 Å². The molecule has 0 unspecified atom stereocenters. The maximum absolute atomic E-state index is 12.3. The van der Waals surface area contributed by atoms with Crippen molar-refractivity contribution in [2.45, 2.75) is 0 Å². The number of carbonyl (C=O) groups excluding carboxylic acids is 2. The van der Waals surface area contributed by atoms with Crippen molar-refractivity contribution >= 4 is 39.8 Å². The number of anilines is 1. The molecule has 0 fully saturated rings. The number of nitrogens with two attached hydrogens (primary N) is 1. The van der Waals surface area contributed by atoms with Crippen molar-refractivity contribution < 1.29 is 9.59 Å². The molecule has 0 atom stereocenters. The van der Waals surface area contributed by atoms with Crippen LogP contribution in [-0.4, -0.2) is 11.8 Å². The highest BCUT2D eigenvalue weighted by Gasteiger charge is 2.17. The van der Waals surface area contributed by atoms with Crippen LogP contribution in [0.3, 0.4) is 0 Å². The lowest BCUT2D eigenvalue weighted by Crippen LogP contribution is -2.16. The van der Waals surface area contributed by atoms with Crippen LogP contribution in [0.4, 0.5) is 5.00 Å². The Morgan fingerprint density at radius 1 is 1.00 bits per heavy atom. The first-order valence-corrected chi connectivity index (χ1v) is 8.30. The summed E-state index contributed by atoms with van der Waals surface area (Å²) in [6.07, 6.45) is 0. The van der Waals surface area contributed by atoms with E-state index in [1.54, 1.807) is 30.3 Å². The number of amides is 2. The molecule has 120 valence electrons. The smallest absolute Gasteiger partial charge is 0.256 e. The third-order valence-electron chi connectivity index (χ3n) is 3.39. The van der Waals surface area contributed by atoms with Gasteiger partial charge in [0.05, 0.1) is 5.56 Å². The third-order valence-corrected chi connectivity index (χ3v) is 4.74. The maximum atomic E-state index is 12.3. The Morgan fingerprint density at radius 2 is 1.67 bits per heavy atom. The highest BCUT2D eigenvalue weighted by molar-refractivity contribution is 7.20. The van der Waals surface area contributed by atoms with E-state index in [2.05, 4.69) is 5.32 Å². The van der Waals surface area contributed by atoms with E-state index < -0.39 is 5.91 Å². The number of thiophene rings is 1. The van der Waals surface area contributed by atoms with Crippen molar-refractivity contribution in [3.63, 3.8) is 0 Å². The lowest BCUT2D eigenvalue weighted by molar-refractivity contribution is 0.100. The first-order valence-electron chi connectivity index (χ1n) is 7.10. The Bertz CT molecular complexity index is 889. The van der Waals surface area contributed by atoms with Crippen molar-refractivity contribution in [2.24, 2.45) is 5.73 Å². The zero-order chi connectivity index (χ0) is 17.1. The van der Waals surface area contributed by atoms with Gasteiger partial charge in [-0.05, 0) is 35.9 Å². The van der Waals surface area contributed by atoms with Crippen LogP contribution in [0.25, 0.3) is 10.4 Å². The largest absolute Gasteiger partial charge is 0.366 e. The number of primary amides is 1. The van der Waals surface area contributed by atoms with Crippen molar-refractivity contribution in [3.05, 3.63) is 76.8 Å². The van der Waals surface area contributed by atoms with Crippen molar-refractivity contribution in [2.75, 3.05) is 5.32 Å². The second-order valence-electron chi connectivity index (χ2n) is 5.04. The molecule has 1 aromatic heterocycles. The second kappa shape index (κ2) is 6.86. The molecule has 6 heteroatoms. The molecule has 0 aliphatic heterocycles. The summed E-state index contributed by atoms with van der Waals surface area (Å²) >= 11 is 7.13. The number of nitrogens with one attached hydrogen (secondary N) is 1.